The molecule has 0 spiro atoms. The first kappa shape index (κ1) is 14.9. The predicted octanol–water partition coefficient (Wildman–Crippen LogP) is 4.66. The lowest BCUT2D eigenvalue weighted by molar-refractivity contribution is 0.0715. The van der Waals surface area contributed by atoms with Crippen molar-refractivity contribution < 1.29 is 9.84 Å². The average Bonchev–Trinajstić information content (AvgIpc) is 2.47. The Labute approximate surface area is 128 Å². The molecule has 1 N–H and O–H groups in total. The van der Waals surface area contributed by atoms with Gasteiger partial charge in [0, 0.05) is 0 Å². The SMILES string of the molecule is OC(CC1CCOc2ccccc21)C1CCCCCCC1. The molecule has 1 aliphatic carbocycles. The number of fused-ring (bicyclic) bond motifs is 1. The number of para-hydroxylation sites is 1. The third-order valence-corrected chi connectivity index (χ3v) is 5.30. The number of hydrogen-bond acceptors (Lipinski definition) is 2. The van der Waals surface area contributed by atoms with E-state index < -0.39 is 0 Å². The van der Waals surface area contributed by atoms with E-state index in [1.165, 1.54) is 50.5 Å². The van der Waals surface area contributed by atoms with Crippen LogP contribution in [0.3, 0.4) is 0 Å². The summed E-state index contributed by atoms with van der Waals surface area (Å²) in [7, 11) is 0. The second-order valence-corrected chi connectivity index (χ2v) is 6.78. The van der Waals surface area contributed by atoms with Gasteiger partial charge in [-0.1, -0.05) is 50.3 Å². The predicted molar refractivity (Wildman–Crippen MR) is 85.7 cm³/mol. The van der Waals surface area contributed by atoms with Crippen molar-refractivity contribution in [3.8, 4) is 5.75 Å². The molecule has 1 aromatic carbocycles. The highest BCUT2D eigenvalue weighted by Crippen LogP contribution is 2.38. The standard InChI is InChI=1S/C19H28O2/c20-18(15-8-4-2-1-3-5-9-15)14-16-12-13-21-19-11-7-6-10-17(16)19/h6-7,10-11,15-16,18,20H,1-5,8-9,12-14H2. The maximum absolute atomic E-state index is 10.7. The fourth-order valence-corrected chi connectivity index (χ4v) is 4.02. The van der Waals surface area contributed by atoms with Crippen LogP contribution < -0.4 is 4.74 Å². The zero-order valence-corrected chi connectivity index (χ0v) is 13.0. The summed E-state index contributed by atoms with van der Waals surface area (Å²) in [5.74, 6) is 2.01. The van der Waals surface area contributed by atoms with E-state index >= 15 is 0 Å². The smallest absolute Gasteiger partial charge is 0.122 e. The molecule has 1 fully saturated rings. The number of hydrogen-bond donors (Lipinski definition) is 1. The van der Waals surface area contributed by atoms with E-state index in [2.05, 4.69) is 18.2 Å². The van der Waals surface area contributed by atoms with Crippen LogP contribution in [0.25, 0.3) is 0 Å². The van der Waals surface area contributed by atoms with Crippen molar-refractivity contribution in [2.24, 2.45) is 5.92 Å². The quantitative estimate of drug-likeness (QED) is 0.876. The van der Waals surface area contributed by atoms with E-state index in [-0.39, 0.29) is 6.10 Å². The van der Waals surface area contributed by atoms with Gasteiger partial charge in [-0.05, 0) is 49.1 Å². The maximum Gasteiger partial charge on any atom is 0.122 e. The molecule has 0 bridgehead atoms. The van der Waals surface area contributed by atoms with Crippen LogP contribution in [0.15, 0.2) is 24.3 Å². The fourth-order valence-electron chi connectivity index (χ4n) is 4.02. The summed E-state index contributed by atoms with van der Waals surface area (Å²) >= 11 is 0. The molecule has 2 nitrogen and oxygen atoms in total. The molecule has 0 radical (unpaired) electrons. The molecule has 116 valence electrons. The van der Waals surface area contributed by atoms with Crippen molar-refractivity contribution in [2.75, 3.05) is 6.61 Å². The first-order valence-corrected chi connectivity index (χ1v) is 8.74. The zero-order chi connectivity index (χ0) is 14.5. The zero-order valence-electron chi connectivity index (χ0n) is 13.0. The molecule has 2 atom stereocenters. The normalized spacial score (nSPS) is 25.3. The lowest BCUT2D eigenvalue weighted by Crippen LogP contribution is -2.26. The van der Waals surface area contributed by atoms with Crippen LogP contribution in [0, 0.1) is 5.92 Å². The number of aliphatic hydroxyl groups excluding tert-OH is 1. The number of ether oxygens (including phenoxy) is 1. The summed E-state index contributed by atoms with van der Waals surface area (Å²) in [5, 5.41) is 10.7. The molecule has 2 aliphatic rings. The third-order valence-electron chi connectivity index (χ3n) is 5.30. The summed E-state index contributed by atoms with van der Waals surface area (Å²) in [5.41, 5.74) is 1.30. The highest BCUT2D eigenvalue weighted by atomic mass is 16.5. The Kier molecular flexibility index (Phi) is 5.18. The van der Waals surface area contributed by atoms with Gasteiger partial charge in [-0.2, -0.15) is 0 Å². The van der Waals surface area contributed by atoms with Crippen molar-refractivity contribution in [3.05, 3.63) is 29.8 Å². The molecule has 1 aromatic rings. The second kappa shape index (κ2) is 7.31. The Bertz CT molecular complexity index is 435. The monoisotopic (exact) mass is 288 g/mol. The van der Waals surface area contributed by atoms with Gasteiger partial charge in [-0.3, -0.25) is 0 Å². The highest BCUT2D eigenvalue weighted by Gasteiger charge is 2.27. The van der Waals surface area contributed by atoms with E-state index in [1.807, 2.05) is 6.07 Å². The Hall–Kier alpha value is -1.02. The Morgan fingerprint density at radius 3 is 2.52 bits per heavy atom. The molecule has 2 heteroatoms. The molecule has 1 saturated carbocycles. The van der Waals surface area contributed by atoms with Crippen LogP contribution in [0.5, 0.6) is 5.75 Å². The number of aliphatic hydroxyl groups is 1. The van der Waals surface area contributed by atoms with Crippen molar-refractivity contribution in [2.45, 2.75) is 69.8 Å². The Balaban J connectivity index is 1.63. The van der Waals surface area contributed by atoms with Crippen molar-refractivity contribution in [3.63, 3.8) is 0 Å². The van der Waals surface area contributed by atoms with Gasteiger partial charge in [-0.15, -0.1) is 0 Å². The van der Waals surface area contributed by atoms with Gasteiger partial charge in [0.15, 0.2) is 0 Å². The van der Waals surface area contributed by atoms with Crippen LogP contribution in [0.1, 0.15) is 69.3 Å². The molecule has 0 aromatic heterocycles. The van der Waals surface area contributed by atoms with Crippen molar-refractivity contribution in [1.82, 2.24) is 0 Å². The second-order valence-electron chi connectivity index (χ2n) is 6.78. The highest BCUT2D eigenvalue weighted by molar-refractivity contribution is 5.37. The van der Waals surface area contributed by atoms with Gasteiger partial charge in [0.1, 0.15) is 5.75 Å². The molecule has 1 aliphatic heterocycles. The van der Waals surface area contributed by atoms with E-state index in [4.69, 9.17) is 4.74 Å². The number of benzene rings is 1. The molecule has 21 heavy (non-hydrogen) atoms. The molecular weight excluding hydrogens is 260 g/mol. The van der Waals surface area contributed by atoms with Gasteiger partial charge in [0.25, 0.3) is 0 Å². The van der Waals surface area contributed by atoms with Gasteiger partial charge < -0.3 is 9.84 Å². The van der Waals surface area contributed by atoms with Gasteiger partial charge >= 0.3 is 0 Å². The average molecular weight is 288 g/mol. The Morgan fingerprint density at radius 2 is 1.71 bits per heavy atom. The molecular formula is C19H28O2. The first-order chi connectivity index (χ1) is 10.3. The van der Waals surface area contributed by atoms with E-state index in [9.17, 15) is 5.11 Å². The van der Waals surface area contributed by atoms with Crippen molar-refractivity contribution >= 4 is 0 Å². The summed E-state index contributed by atoms with van der Waals surface area (Å²) in [6.45, 7) is 0.791. The van der Waals surface area contributed by atoms with Crippen LogP contribution in [-0.2, 0) is 0 Å². The molecule has 2 unspecified atom stereocenters. The summed E-state index contributed by atoms with van der Waals surface area (Å²) in [6, 6.07) is 8.35. The maximum atomic E-state index is 10.7. The minimum atomic E-state index is -0.140. The van der Waals surface area contributed by atoms with Crippen LogP contribution >= 0.6 is 0 Å². The third kappa shape index (κ3) is 3.79. The van der Waals surface area contributed by atoms with Crippen molar-refractivity contribution in [1.29, 1.82) is 0 Å². The van der Waals surface area contributed by atoms with Gasteiger partial charge in [-0.25, -0.2) is 0 Å². The largest absolute Gasteiger partial charge is 0.493 e. The number of rotatable bonds is 3. The van der Waals surface area contributed by atoms with E-state index in [0.717, 1.165) is 25.2 Å². The minimum absolute atomic E-state index is 0.140. The van der Waals surface area contributed by atoms with Gasteiger partial charge in [0.05, 0.1) is 12.7 Å². The topological polar surface area (TPSA) is 29.5 Å². The van der Waals surface area contributed by atoms with E-state index in [1.54, 1.807) is 0 Å². The van der Waals surface area contributed by atoms with Crippen LogP contribution in [0.4, 0.5) is 0 Å². The van der Waals surface area contributed by atoms with Gasteiger partial charge in [0.2, 0.25) is 0 Å². The van der Waals surface area contributed by atoms with Crippen LogP contribution in [-0.4, -0.2) is 17.8 Å². The fraction of sp³-hybridized carbons (Fsp3) is 0.684. The molecule has 3 rings (SSSR count). The minimum Gasteiger partial charge on any atom is -0.493 e. The van der Waals surface area contributed by atoms with E-state index in [0.29, 0.717) is 11.8 Å². The summed E-state index contributed by atoms with van der Waals surface area (Å²) < 4.78 is 5.74. The Morgan fingerprint density at radius 1 is 1.00 bits per heavy atom. The molecule has 0 saturated heterocycles. The molecule has 0 amide bonds. The summed E-state index contributed by atoms with van der Waals surface area (Å²) in [4.78, 5) is 0. The first-order valence-electron chi connectivity index (χ1n) is 8.74. The van der Waals surface area contributed by atoms with Crippen LogP contribution in [0.2, 0.25) is 0 Å². The summed E-state index contributed by atoms with van der Waals surface area (Å²) in [6.07, 6.45) is 10.9. The lowest BCUT2D eigenvalue weighted by atomic mass is 9.80. The molecule has 1 heterocycles. The lowest BCUT2D eigenvalue weighted by Gasteiger charge is -2.31.